The number of carbonyl (C=O) groups is 2. The lowest BCUT2D eigenvalue weighted by Gasteiger charge is -2.16. The molecule has 5 heteroatoms. The van der Waals surface area contributed by atoms with Crippen molar-refractivity contribution < 1.29 is 14.0 Å². The third-order valence-corrected chi connectivity index (χ3v) is 3.88. The molecule has 0 radical (unpaired) electrons. The highest BCUT2D eigenvalue weighted by Gasteiger charge is 2.37. The van der Waals surface area contributed by atoms with Gasteiger partial charge in [-0.25, -0.2) is 4.39 Å². The van der Waals surface area contributed by atoms with Gasteiger partial charge in [-0.2, -0.15) is 0 Å². The Bertz CT molecular complexity index is 512. The zero-order valence-electron chi connectivity index (χ0n) is 12.9. The van der Waals surface area contributed by atoms with Crippen molar-refractivity contribution in [3.63, 3.8) is 0 Å². The summed E-state index contributed by atoms with van der Waals surface area (Å²) in [5.41, 5.74) is 0.889. The van der Waals surface area contributed by atoms with E-state index in [0.717, 1.165) is 31.2 Å². The van der Waals surface area contributed by atoms with E-state index in [1.54, 1.807) is 12.1 Å². The summed E-state index contributed by atoms with van der Waals surface area (Å²) in [6.45, 7) is 2.72. The zero-order chi connectivity index (χ0) is 15.9. The van der Waals surface area contributed by atoms with Crippen LogP contribution in [0.1, 0.15) is 44.1 Å². The second-order valence-corrected chi connectivity index (χ2v) is 5.85. The third kappa shape index (κ3) is 5.13. The first-order valence-electron chi connectivity index (χ1n) is 7.85. The molecule has 0 spiro atoms. The monoisotopic (exact) mass is 306 g/mol. The fourth-order valence-corrected chi connectivity index (χ4v) is 2.57. The van der Waals surface area contributed by atoms with Crippen LogP contribution in [0.4, 0.5) is 4.39 Å². The Morgan fingerprint density at radius 2 is 1.73 bits per heavy atom. The third-order valence-electron chi connectivity index (χ3n) is 3.88. The van der Waals surface area contributed by atoms with E-state index in [4.69, 9.17) is 0 Å². The SMILES string of the molecule is CC(=O)NCCCCNC(=O)C(c1ccc(F)cc1)C1CC1. The molecule has 1 saturated carbocycles. The molecule has 22 heavy (non-hydrogen) atoms. The van der Waals surface area contributed by atoms with Gasteiger partial charge in [0.15, 0.2) is 0 Å². The van der Waals surface area contributed by atoms with E-state index in [1.807, 2.05) is 0 Å². The van der Waals surface area contributed by atoms with Crippen LogP contribution in [0.25, 0.3) is 0 Å². The Kier molecular flexibility index (Phi) is 5.92. The lowest BCUT2D eigenvalue weighted by Crippen LogP contribution is -2.31. The van der Waals surface area contributed by atoms with Crippen LogP contribution in [-0.2, 0) is 9.59 Å². The molecule has 0 aliphatic heterocycles. The van der Waals surface area contributed by atoms with Crippen LogP contribution < -0.4 is 10.6 Å². The molecule has 1 unspecified atom stereocenters. The molecule has 4 nitrogen and oxygen atoms in total. The van der Waals surface area contributed by atoms with E-state index >= 15 is 0 Å². The molecular formula is C17H23FN2O2. The lowest BCUT2D eigenvalue weighted by molar-refractivity contribution is -0.123. The Morgan fingerprint density at radius 3 is 2.27 bits per heavy atom. The molecule has 1 atom stereocenters. The summed E-state index contributed by atoms with van der Waals surface area (Å²) in [7, 11) is 0. The summed E-state index contributed by atoms with van der Waals surface area (Å²) in [4.78, 5) is 23.1. The molecule has 1 aromatic carbocycles. The summed E-state index contributed by atoms with van der Waals surface area (Å²) >= 11 is 0. The van der Waals surface area contributed by atoms with Gasteiger partial charge in [0.1, 0.15) is 5.82 Å². The van der Waals surface area contributed by atoms with E-state index in [2.05, 4.69) is 10.6 Å². The molecule has 120 valence electrons. The minimum Gasteiger partial charge on any atom is -0.356 e. The van der Waals surface area contributed by atoms with E-state index < -0.39 is 0 Å². The first kappa shape index (κ1) is 16.5. The molecule has 0 bridgehead atoms. The standard InChI is InChI=1S/C17H23FN2O2/c1-12(21)19-10-2-3-11-20-17(22)16(13-4-5-13)14-6-8-15(18)9-7-14/h6-9,13,16H,2-5,10-11H2,1H3,(H,19,21)(H,20,22). The zero-order valence-corrected chi connectivity index (χ0v) is 12.9. The van der Waals surface area contributed by atoms with Gasteiger partial charge in [0.2, 0.25) is 11.8 Å². The van der Waals surface area contributed by atoms with E-state index in [-0.39, 0.29) is 23.5 Å². The topological polar surface area (TPSA) is 58.2 Å². The van der Waals surface area contributed by atoms with E-state index in [0.29, 0.717) is 19.0 Å². The molecule has 1 aliphatic rings. The van der Waals surface area contributed by atoms with Crippen LogP contribution in [-0.4, -0.2) is 24.9 Å². The first-order valence-corrected chi connectivity index (χ1v) is 7.85. The normalized spacial score (nSPS) is 15.2. The van der Waals surface area contributed by atoms with Crippen molar-refractivity contribution in [2.45, 2.75) is 38.5 Å². The fraction of sp³-hybridized carbons (Fsp3) is 0.529. The Labute approximate surface area is 130 Å². The summed E-state index contributed by atoms with van der Waals surface area (Å²) in [5.74, 6) is -0.0831. The predicted molar refractivity (Wildman–Crippen MR) is 82.8 cm³/mol. The highest BCUT2D eigenvalue weighted by molar-refractivity contribution is 5.84. The molecule has 2 amide bonds. The van der Waals surface area contributed by atoms with Crippen molar-refractivity contribution in [2.75, 3.05) is 13.1 Å². The molecule has 0 heterocycles. The van der Waals surface area contributed by atoms with Crippen LogP contribution in [0.5, 0.6) is 0 Å². The largest absolute Gasteiger partial charge is 0.356 e. The minimum absolute atomic E-state index is 0.0219. The summed E-state index contributed by atoms with van der Waals surface area (Å²) in [6, 6.07) is 6.22. The van der Waals surface area contributed by atoms with Crippen molar-refractivity contribution >= 4 is 11.8 Å². The molecule has 1 fully saturated rings. The second-order valence-electron chi connectivity index (χ2n) is 5.85. The number of unbranched alkanes of at least 4 members (excludes halogenated alkanes) is 1. The number of hydrogen-bond donors (Lipinski definition) is 2. The maximum Gasteiger partial charge on any atom is 0.227 e. The summed E-state index contributed by atoms with van der Waals surface area (Å²) in [6.07, 6.45) is 3.77. The van der Waals surface area contributed by atoms with Crippen molar-refractivity contribution in [3.8, 4) is 0 Å². The van der Waals surface area contributed by atoms with Crippen molar-refractivity contribution in [1.82, 2.24) is 10.6 Å². The first-order chi connectivity index (χ1) is 10.6. The van der Waals surface area contributed by atoms with Crippen molar-refractivity contribution in [1.29, 1.82) is 0 Å². The van der Waals surface area contributed by atoms with Gasteiger partial charge in [-0.05, 0) is 49.3 Å². The average molecular weight is 306 g/mol. The van der Waals surface area contributed by atoms with Crippen molar-refractivity contribution in [3.05, 3.63) is 35.6 Å². The summed E-state index contributed by atoms with van der Waals surface area (Å²) in [5, 5.41) is 5.69. The molecule has 2 N–H and O–H groups in total. The molecule has 2 rings (SSSR count). The number of rotatable bonds is 8. The van der Waals surface area contributed by atoms with Crippen molar-refractivity contribution in [2.24, 2.45) is 5.92 Å². The van der Waals surface area contributed by atoms with E-state index in [1.165, 1.54) is 19.1 Å². The van der Waals surface area contributed by atoms with Gasteiger partial charge in [-0.1, -0.05) is 12.1 Å². The Balaban J connectivity index is 1.78. The Morgan fingerprint density at radius 1 is 1.14 bits per heavy atom. The molecule has 0 saturated heterocycles. The molecule has 1 aromatic rings. The van der Waals surface area contributed by atoms with Crippen LogP contribution in [0.15, 0.2) is 24.3 Å². The van der Waals surface area contributed by atoms with Gasteiger partial charge in [0.25, 0.3) is 0 Å². The molecular weight excluding hydrogens is 283 g/mol. The second kappa shape index (κ2) is 7.92. The summed E-state index contributed by atoms with van der Waals surface area (Å²) < 4.78 is 13.0. The minimum atomic E-state index is -0.281. The van der Waals surface area contributed by atoms with Gasteiger partial charge < -0.3 is 10.6 Å². The van der Waals surface area contributed by atoms with Gasteiger partial charge >= 0.3 is 0 Å². The van der Waals surface area contributed by atoms with E-state index in [9.17, 15) is 14.0 Å². The highest BCUT2D eigenvalue weighted by Crippen LogP contribution is 2.42. The quantitative estimate of drug-likeness (QED) is 0.724. The lowest BCUT2D eigenvalue weighted by atomic mass is 9.93. The van der Waals surface area contributed by atoms with Crippen LogP contribution >= 0.6 is 0 Å². The predicted octanol–water partition coefficient (Wildman–Crippen LogP) is 2.35. The maximum atomic E-state index is 13.0. The Hall–Kier alpha value is -1.91. The van der Waals surface area contributed by atoms with Gasteiger partial charge in [0, 0.05) is 20.0 Å². The fourth-order valence-electron chi connectivity index (χ4n) is 2.57. The van der Waals surface area contributed by atoms with Gasteiger partial charge in [0.05, 0.1) is 5.92 Å². The number of halogens is 1. The number of carbonyl (C=O) groups excluding carboxylic acids is 2. The van der Waals surface area contributed by atoms with Crippen LogP contribution in [0.2, 0.25) is 0 Å². The molecule has 1 aliphatic carbocycles. The van der Waals surface area contributed by atoms with Gasteiger partial charge in [-0.15, -0.1) is 0 Å². The number of hydrogen-bond acceptors (Lipinski definition) is 2. The smallest absolute Gasteiger partial charge is 0.227 e. The molecule has 0 aromatic heterocycles. The average Bonchev–Trinajstić information content (AvgIpc) is 3.29. The highest BCUT2D eigenvalue weighted by atomic mass is 19.1. The van der Waals surface area contributed by atoms with Crippen LogP contribution in [0.3, 0.4) is 0 Å². The van der Waals surface area contributed by atoms with Gasteiger partial charge in [-0.3, -0.25) is 9.59 Å². The van der Waals surface area contributed by atoms with Crippen LogP contribution in [0, 0.1) is 11.7 Å². The number of benzene rings is 1. The number of amides is 2. The number of nitrogens with one attached hydrogen (secondary N) is 2. The maximum absolute atomic E-state index is 13.0.